The van der Waals surface area contributed by atoms with Crippen molar-refractivity contribution in [1.29, 1.82) is 0 Å². The maximum Gasteiger partial charge on any atom is 0.340 e. The number of esters is 2. The monoisotopic (exact) mass is 368 g/mol. The summed E-state index contributed by atoms with van der Waals surface area (Å²) in [6.45, 7) is 2.61. The fourth-order valence-electron chi connectivity index (χ4n) is 2.64. The molecule has 0 aromatic heterocycles. The zero-order valence-corrected chi connectivity index (χ0v) is 14.8. The number of nitrogen functional groups attached to an aromatic ring is 1. The molecule has 1 aromatic rings. The van der Waals surface area contributed by atoms with Crippen LogP contribution in [-0.4, -0.2) is 49.0 Å². The van der Waals surface area contributed by atoms with E-state index >= 15 is 0 Å². The van der Waals surface area contributed by atoms with Crippen LogP contribution in [0.25, 0.3) is 0 Å². The van der Waals surface area contributed by atoms with Crippen molar-refractivity contribution in [2.45, 2.75) is 19.8 Å². The Balaban J connectivity index is 1.81. The topological polar surface area (TPSA) is 98.9 Å². The van der Waals surface area contributed by atoms with Crippen molar-refractivity contribution in [3.63, 3.8) is 0 Å². The number of hydrogen-bond donors (Lipinski definition) is 1. The molecule has 0 saturated carbocycles. The van der Waals surface area contributed by atoms with Gasteiger partial charge in [-0.15, -0.1) is 0 Å². The van der Waals surface area contributed by atoms with Crippen molar-refractivity contribution in [1.82, 2.24) is 4.90 Å². The van der Waals surface area contributed by atoms with Gasteiger partial charge in [0.05, 0.1) is 18.1 Å². The van der Waals surface area contributed by atoms with Gasteiger partial charge in [-0.25, -0.2) is 4.79 Å². The molecule has 7 nitrogen and oxygen atoms in total. The van der Waals surface area contributed by atoms with E-state index in [-0.39, 0.29) is 35.7 Å². The Bertz CT molecular complexity index is 656. The molecule has 1 aliphatic heterocycles. The van der Waals surface area contributed by atoms with Gasteiger partial charge in [0, 0.05) is 23.8 Å². The first-order chi connectivity index (χ1) is 11.9. The summed E-state index contributed by atoms with van der Waals surface area (Å²) in [4.78, 5) is 37.4. The summed E-state index contributed by atoms with van der Waals surface area (Å²) in [6, 6.07) is 4.42. The number of carbonyl (C=O) groups is 3. The molecule has 0 unspecified atom stereocenters. The van der Waals surface area contributed by atoms with Gasteiger partial charge in [-0.1, -0.05) is 11.6 Å². The Kier molecular flexibility index (Phi) is 6.64. The van der Waals surface area contributed by atoms with Gasteiger partial charge in [-0.2, -0.15) is 0 Å². The van der Waals surface area contributed by atoms with E-state index in [1.54, 1.807) is 11.8 Å². The van der Waals surface area contributed by atoms with E-state index < -0.39 is 5.97 Å². The molecule has 0 aliphatic carbocycles. The Labute approximate surface area is 151 Å². The zero-order chi connectivity index (χ0) is 18.4. The van der Waals surface area contributed by atoms with Crippen molar-refractivity contribution in [3.8, 4) is 0 Å². The molecule has 1 aromatic carbocycles. The van der Waals surface area contributed by atoms with E-state index in [2.05, 4.69) is 0 Å². The lowest BCUT2D eigenvalue weighted by Gasteiger charge is -2.30. The predicted molar refractivity (Wildman–Crippen MR) is 92.1 cm³/mol. The van der Waals surface area contributed by atoms with Crippen molar-refractivity contribution in [2.24, 2.45) is 5.92 Å². The number of halogens is 1. The number of piperidine rings is 1. The van der Waals surface area contributed by atoms with Gasteiger partial charge in [-0.3, -0.25) is 9.59 Å². The minimum atomic E-state index is -0.677. The summed E-state index contributed by atoms with van der Waals surface area (Å²) in [5.41, 5.74) is 6.07. The Hall–Kier alpha value is -2.28. The highest BCUT2D eigenvalue weighted by atomic mass is 35.5. The van der Waals surface area contributed by atoms with Crippen molar-refractivity contribution >= 4 is 35.1 Å². The first-order valence-corrected chi connectivity index (χ1v) is 8.46. The number of anilines is 1. The van der Waals surface area contributed by atoms with Gasteiger partial charge >= 0.3 is 11.9 Å². The Morgan fingerprint density at radius 3 is 2.52 bits per heavy atom. The van der Waals surface area contributed by atoms with Crippen LogP contribution in [0.3, 0.4) is 0 Å². The third kappa shape index (κ3) is 5.09. The molecule has 0 radical (unpaired) electrons. The second kappa shape index (κ2) is 8.71. The van der Waals surface area contributed by atoms with Crippen LogP contribution in [-0.2, 0) is 19.1 Å². The van der Waals surface area contributed by atoms with E-state index in [0.29, 0.717) is 37.6 Å². The van der Waals surface area contributed by atoms with Crippen molar-refractivity contribution < 1.29 is 23.9 Å². The number of hydrogen-bond acceptors (Lipinski definition) is 6. The number of amides is 1. The van der Waals surface area contributed by atoms with E-state index in [9.17, 15) is 14.4 Å². The maximum atomic E-state index is 12.2. The molecule has 0 spiro atoms. The van der Waals surface area contributed by atoms with Crippen molar-refractivity contribution in [3.05, 3.63) is 28.8 Å². The fraction of sp³-hybridized carbons (Fsp3) is 0.471. The average molecular weight is 369 g/mol. The SMILES string of the molecule is CCOC(=O)C1CCN(C(=O)COC(=O)c2ccc(Cl)cc2N)CC1. The summed E-state index contributed by atoms with van der Waals surface area (Å²) in [5, 5.41) is 0.412. The van der Waals surface area contributed by atoms with Crippen molar-refractivity contribution in [2.75, 3.05) is 32.0 Å². The summed E-state index contributed by atoms with van der Waals surface area (Å²) >= 11 is 5.78. The maximum absolute atomic E-state index is 12.2. The van der Waals surface area contributed by atoms with E-state index in [0.717, 1.165) is 0 Å². The van der Waals surface area contributed by atoms with Crippen LogP contribution in [0.1, 0.15) is 30.1 Å². The molecular weight excluding hydrogens is 348 g/mol. The Morgan fingerprint density at radius 1 is 1.24 bits per heavy atom. The van der Waals surface area contributed by atoms with Crippen LogP contribution in [0.5, 0.6) is 0 Å². The molecule has 136 valence electrons. The third-order valence-electron chi connectivity index (χ3n) is 4.03. The standard InChI is InChI=1S/C17H21ClN2O5/c1-2-24-16(22)11-5-7-20(8-6-11)15(21)10-25-17(23)13-4-3-12(18)9-14(13)19/h3-4,9,11H,2,5-8,10,19H2,1H3. The molecule has 0 bridgehead atoms. The number of nitrogens with two attached hydrogens (primary N) is 1. The lowest BCUT2D eigenvalue weighted by Crippen LogP contribution is -2.42. The second-order valence-corrected chi connectivity index (χ2v) is 6.15. The van der Waals surface area contributed by atoms with Crippen LogP contribution in [0.15, 0.2) is 18.2 Å². The number of rotatable bonds is 5. The van der Waals surface area contributed by atoms with Crippen LogP contribution in [0, 0.1) is 5.92 Å². The molecule has 0 atom stereocenters. The average Bonchev–Trinajstić information content (AvgIpc) is 2.59. The molecule has 2 N–H and O–H groups in total. The molecule has 8 heteroatoms. The molecule has 1 aliphatic rings. The van der Waals surface area contributed by atoms with E-state index in [1.807, 2.05) is 0 Å². The van der Waals surface area contributed by atoms with Crippen LogP contribution >= 0.6 is 11.6 Å². The van der Waals surface area contributed by atoms with E-state index in [1.165, 1.54) is 18.2 Å². The quantitative estimate of drug-likeness (QED) is 0.629. The Morgan fingerprint density at radius 2 is 1.92 bits per heavy atom. The lowest BCUT2D eigenvalue weighted by molar-refractivity contribution is -0.151. The molecular formula is C17H21ClN2O5. The molecule has 1 fully saturated rings. The molecule has 1 saturated heterocycles. The highest BCUT2D eigenvalue weighted by molar-refractivity contribution is 6.31. The van der Waals surface area contributed by atoms with Crippen LogP contribution in [0.2, 0.25) is 5.02 Å². The highest BCUT2D eigenvalue weighted by Crippen LogP contribution is 2.20. The van der Waals surface area contributed by atoms with Gasteiger partial charge in [0.1, 0.15) is 0 Å². The largest absolute Gasteiger partial charge is 0.466 e. The molecule has 2 rings (SSSR count). The summed E-state index contributed by atoms with van der Waals surface area (Å²) in [7, 11) is 0. The smallest absolute Gasteiger partial charge is 0.340 e. The minimum Gasteiger partial charge on any atom is -0.466 e. The molecule has 25 heavy (non-hydrogen) atoms. The van der Waals surface area contributed by atoms with Gasteiger partial charge in [0.15, 0.2) is 6.61 Å². The molecule has 1 heterocycles. The normalized spacial score (nSPS) is 14.9. The first-order valence-electron chi connectivity index (χ1n) is 8.09. The fourth-order valence-corrected chi connectivity index (χ4v) is 2.82. The summed E-state index contributed by atoms with van der Waals surface area (Å²) in [6.07, 6.45) is 1.09. The highest BCUT2D eigenvalue weighted by Gasteiger charge is 2.28. The summed E-state index contributed by atoms with van der Waals surface area (Å²) < 4.78 is 10.0. The number of ether oxygens (including phenoxy) is 2. The van der Waals surface area contributed by atoms with Gasteiger partial charge in [0.25, 0.3) is 5.91 Å². The first kappa shape index (κ1) is 19.1. The van der Waals surface area contributed by atoms with Gasteiger partial charge in [-0.05, 0) is 38.0 Å². The van der Waals surface area contributed by atoms with Crippen LogP contribution in [0.4, 0.5) is 5.69 Å². The number of likely N-dealkylation sites (tertiary alicyclic amines) is 1. The summed E-state index contributed by atoms with van der Waals surface area (Å²) in [5.74, 6) is -1.38. The van der Waals surface area contributed by atoms with E-state index in [4.69, 9.17) is 26.8 Å². The van der Waals surface area contributed by atoms with Crippen LogP contribution < -0.4 is 5.73 Å². The van der Waals surface area contributed by atoms with Gasteiger partial charge < -0.3 is 20.1 Å². The second-order valence-electron chi connectivity index (χ2n) is 5.71. The van der Waals surface area contributed by atoms with Gasteiger partial charge in [0.2, 0.25) is 0 Å². The lowest BCUT2D eigenvalue weighted by atomic mass is 9.97. The predicted octanol–water partition coefficient (Wildman–Crippen LogP) is 1.88. The number of benzene rings is 1. The third-order valence-corrected chi connectivity index (χ3v) is 4.26. The molecule has 1 amide bonds. The number of nitrogens with zero attached hydrogens (tertiary/aromatic N) is 1. The minimum absolute atomic E-state index is 0.165. The number of carbonyl (C=O) groups excluding carboxylic acids is 3. The zero-order valence-electron chi connectivity index (χ0n) is 14.0.